The molecule has 0 spiro atoms. The van der Waals surface area contributed by atoms with Gasteiger partial charge >= 0.3 is 6.18 Å². The largest absolute Gasteiger partial charge is 0.405 e. The van der Waals surface area contributed by atoms with Crippen LogP contribution in [0, 0.1) is 23.1 Å². The Bertz CT molecular complexity index is 409. The lowest BCUT2D eigenvalue weighted by atomic mass is 10.1. The topological polar surface area (TPSA) is 35.8 Å². The van der Waals surface area contributed by atoms with Crippen molar-refractivity contribution in [3.63, 3.8) is 0 Å². The van der Waals surface area contributed by atoms with Gasteiger partial charge in [0.05, 0.1) is 6.07 Å². The first-order chi connectivity index (χ1) is 7.93. The Balaban J connectivity index is 2.45. The zero-order chi connectivity index (χ0) is 12.9. The Labute approximate surface area is 95.9 Å². The Morgan fingerprint density at radius 1 is 1.35 bits per heavy atom. The molecule has 92 valence electrons. The number of benzene rings is 1. The molecule has 0 amide bonds. The molecular weight excluding hydrogens is 236 g/mol. The predicted octanol–water partition coefficient (Wildman–Crippen LogP) is 2.62. The normalized spacial score (nSPS) is 13.1. The van der Waals surface area contributed by atoms with Gasteiger partial charge in [-0.15, -0.1) is 0 Å². The van der Waals surface area contributed by atoms with E-state index < -0.39 is 24.5 Å². The molecule has 0 fully saturated rings. The van der Waals surface area contributed by atoms with E-state index in [1.54, 1.807) is 6.07 Å². The van der Waals surface area contributed by atoms with Crippen LogP contribution in [0.1, 0.15) is 5.56 Å². The second-order valence-electron chi connectivity index (χ2n) is 3.48. The molecule has 2 nitrogen and oxygen atoms in total. The van der Waals surface area contributed by atoms with Gasteiger partial charge in [0.15, 0.2) is 5.92 Å². The highest BCUT2D eigenvalue weighted by Gasteiger charge is 2.39. The summed E-state index contributed by atoms with van der Waals surface area (Å²) in [5.41, 5.74) is 0.531. The van der Waals surface area contributed by atoms with E-state index in [0.29, 0.717) is 5.56 Å². The molecule has 6 heteroatoms. The van der Waals surface area contributed by atoms with Crippen molar-refractivity contribution in [2.45, 2.75) is 12.7 Å². The SMILES string of the molecule is N#CC(CNCc1cccc(F)c1)C(F)(F)F. The average Bonchev–Trinajstić information content (AvgIpc) is 2.22. The maximum atomic E-state index is 12.7. The first kappa shape index (κ1) is 13.5. The van der Waals surface area contributed by atoms with Crippen molar-refractivity contribution < 1.29 is 17.6 Å². The fraction of sp³-hybridized carbons (Fsp3) is 0.364. The minimum Gasteiger partial charge on any atom is -0.311 e. The van der Waals surface area contributed by atoms with Crippen LogP contribution in [0.25, 0.3) is 0 Å². The van der Waals surface area contributed by atoms with E-state index in [2.05, 4.69) is 5.32 Å². The van der Waals surface area contributed by atoms with Crippen LogP contribution in [0.3, 0.4) is 0 Å². The number of halogens is 4. The third-order valence-corrected chi connectivity index (χ3v) is 2.12. The third-order valence-electron chi connectivity index (χ3n) is 2.12. The molecule has 0 aliphatic rings. The van der Waals surface area contributed by atoms with Gasteiger partial charge in [0.2, 0.25) is 0 Å². The fourth-order valence-corrected chi connectivity index (χ4v) is 1.24. The van der Waals surface area contributed by atoms with Crippen molar-refractivity contribution in [2.75, 3.05) is 6.54 Å². The highest BCUT2D eigenvalue weighted by atomic mass is 19.4. The summed E-state index contributed by atoms with van der Waals surface area (Å²) in [6.45, 7) is -0.414. The standard InChI is InChI=1S/C11H10F4N2/c12-10-3-1-2-8(4-10)6-17-7-9(5-16)11(13,14)15/h1-4,9,17H,6-7H2. The molecule has 1 aromatic rings. The Morgan fingerprint density at radius 3 is 2.59 bits per heavy atom. The van der Waals surface area contributed by atoms with E-state index in [9.17, 15) is 17.6 Å². The fourth-order valence-electron chi connectivity index (χ4n) is 1.24. The molecule has 0 aromatic heterocycles. The summed E-state index contributed by atoms with van der Waals surface area (Å²) in [6, 6.07) is 6.71. The van der Waals surface area contributed by atoms with Crippen LogP contribution >= 0.6 is 0 Å². The molecule has 0 bridgehead atoms. The minimum absolute atomic E-state index is 0.0893. The number of hydrogen-bond donors (Lipinski definition) is 1. The molecule has 1 aromatic carbocycles. The summed E-state index contributed by atoms with van der Waals surface area (Å²) < 4.78 is 49.3. The number of rotatable bonds is 4. The zero-order valence-electron chi connectivity index (χ0n) is 8.76. The van der Waals surface area contributed by atoms with Gasteiger partial charge < -0.3 is 5.32 Å². The van der Waals surface area contributed by atoms with E-state index in [-0.39, 0.29) is 6.54 Å². The van der Waals surface area contributed by atoms with Crippen LogP contribution in [-0.2, 0) is 6.54 Å². The van der Waals surface area contributed by atoms with Crippen molar-refractivity contribution in [2.24, 2.45) is 5.92 Å². The van der Waals surface area contributed by atoms with Gasteiger partial charge in [-0.25, -0.2) is 4.39 Å². The van der Waals surface area contributed by atoms with Crippen LogP contribution in [0.2, 0.25) is 0 Å². The lowest BCUT2D eigenvalue weighted by molar-refractivity contribution is -0.157. The van der Waals surface area contributed by atoms with Gasteiger partial charge in [0.25, 0.3) is 0 Å². The molecule has 1 unspecified atom stereocenters. The molecule has 0 aliphatic carbocycles. The summed E-state index contributed by atoms with van der Waals surface area (Å²) in [6.07, 6.45) is -4.54. The number of alkyl halides is 3. The van der Waals surface area contributed by atoms with E-state index >= 15 is 0 Å². The van der Waals surface area contributed by atoms with Crippen LogP contribution < -0.4 is 5.32 Å². The first-order valence-corrected chi connectivity index (χ1v) is 4.85. The summed E-state index contributed by atoms with van der Waals surface area (Å²) in [4.78, 5) is 0. The summed E-state index contributed by atoms with van der Waals surface area (Å²) in [5, 5.41) is 10.8. The highest BCUT2D eigenvalue weighted by Crippen LogP contribution is 2.24. The minimum atomic E-state index is -4.54. The lowest BCUT2D eigenvalue weighted by Gasteiger charge is -2.13. The van der Waals surface area contributed by atoms with Crippen molar-refractivity contribution >= 4 is 0 Å². The van der Waals surface area contributed by atoms with E-state index in [0.717, 1.165) is 0 Å². The molecule has 0 aliphatic heterocycles. The van der Waals surface area contributed by atoms with E-state index in [1.165, 1.54) is 24.3 Å². The van der Waals surface area contributed by atoms with Crippen molar-refractivity contribution in [1.29, 1.82) is 5.26 Å². The van der Waals surface area contributed by atoms with E-state index in [4.69, 9.17) is 5.26 Å². The van der Waals surface area contributed by atoms with Gasteiger partial charge in [-0.1, -0.05) is 12.1 Å². The second-order valence-corrected chi connectivity index (χ2v) is 3.48. The molecule has 1 atom stereocenters. The van der Waals surface area contributed by atoms with Gasteiger partial charge in [0.1, 0.15) is 5.82 Å². The number of nitrogens with zero attached hydrogens (tertiary/aromatic N) is 1. The number of nitriles is 1. The maximum Gasteiger partial charge on any atom is 0.405 e. The predicted molar refractivity (Wildman–Crippen MR) is 53.3 cm³/mol. The van der Waals surface area contributed by atoms with Crippen LogP contribution in [0.4, 0.5) is 17.6 Å². The van der Waals surface area contributed by atoms with Gasteiger partial charge in [-0.05, 0) is 17.7 Å². The summed E-state index contributed by atoms with van der Waals surface area (Å²) in [7, 11) is 0. The Hall–Kier alpha value is -1.61. The lowest BCUT2D eigenvalue weighted by Crippen LogP contribution is -2.32. The molecule has 0 radical (unpaired) electrons. The van der Waals surface area contributed by atoms with Crippen molar-refractivity contribution in [3.05, 3.63) is 35.6 Å². The van der Waals surface area contributed by atoms with Crippen LogP contribution in [0.15, 0.2) is 24.3 Å². The monoisotopic (exact) mass is 246 g/mol. The molecule has 0 saturated carbocycles. The average molecular weight is 246 g/mol. The summed E-state index contributed by atoms with van der Waals surface area (Å²) in [5.74, 6) is -2.49. The summed E-state index contributed by atoms with van der Waals surface area (Å²) >= 11 is 0. The Kier molecular flexibility index (Phi) is 4.46. The number of hydrogen-bond acceptors (Lipinski definition) is 2. The van der Waals surface area contributed by atoms with Crippen molar-refractivity contribution in [3.8, 4) is 6.07 Å². The van der Waals surface area contributed by atoms with Crippen LogP contribution in [-0.4, -0.2) is 12.7 Å². The third kappa shape index (κ3) is 4.41. The molecule has 0 saturated heterocycles. The molecular formula is C11H10F4N2. The highest BCUT2D eigenvalue weighted by molar-refractivity contribution is 5.16. The number of nitrogens with one attached hydrogen (secondary N) is 1. The first-order valence-electron chi connectivity index (χ1n) is 4.85. The molecule has 17 heavy (non-hydrogen) atoms. The van der Waals surface area contributed by atoms with E-state index in [1.807, 2.05) is 0 Å². The Morgan fingerprint density at radius 2 is 2.06 bits per heavy atom. The molecule has 1 N–H and O–H groups in total. The molecule has 0 heterocycles. The van der Waals surface area contributed by atoms with Crippen molar-refractivity contribution in [1.82, 2.24) is 5.32 Å². The molecule has 1 rings (SSSR count). The van der Waals surface area contributed by atoms with Gasteiger partial charge in [-0.2, -0.15) is 18.4 Å². The zero-order valence-corrected chi connectivity index (χ0v) is 8.76. The second kappa shape index (κ2) is 5.64. The van der Waals surface area contributed by atoms with Gasteiger partial charge in [-0.3, -0.25) is 0 Å². The van der Waals surface area contributed by atoms with Gasteiger partial charge in [0, 0.05) is 13.1 Å². The smallest absolute Gasteiger partial charge is 0.311 e. The van der Waals surface area contributed by atoms with Crippen LogP contribution in [0.5, 0.6) is 0 Å². The quantitative estimate of drug-likeness (QED) is 0.829. The maximum absolute atomic E-state index is 12.7.